The second-order valence-electron chi connectivity index (χ2n) is 4.41. The van der Waals surface area contributed by atoms with Crippen molar-refractivity contribution in [3.63, 3.8) is 0 Å². The average Bonchev–Trinajstić information content (AvgIpc) is 2.85. The molecule has 0 amide bonds. The highest BCUT2D eigenvalue weighted by molar-refractivity contribution is 9.10. The van der Waals surface area contributed by atoms with Crippen LogP contribution in [0.15, 0.2) is 51.5 Å². The van der Waals surface area contributed by atoms with Crippen molar-refractivity contribution in [3.05, 3.63) is 57.0 Å². The molecule has 0 atom stereocenters. The van der Waals surface area contributed by atoms with Crippen molar-refractivity contribution in [3.8, 4) is 22.4 Å². The van der Waals surface area contributed by atoms with Crippen molar-refractivity contribution >= 4 is 45.0 Å². The van der Waals surface area contributed by atoms with Crippen molar-refractivity contribution in [1.29, 1.82) is 0 Å². The molecule has 2 N–H and O–H groups in total. The van der Waals surface area contributed by atoms with Gasteiger partial charge in [0.15, 0.2) is 0 Å². The molecule has 1 aromatic heterocycles. The monoisotopic (exact) mass is 382 g/mol. The first-order chi connectivity index (χ1) is 10.1. The molecule has 3 rings (SSSR count). The van der Waals surface area contributed by atoms with Gasteiger partial charge in [-0.05, 0) is 29.8 Å². The number of rotatable bonds is 2. The fourth-order valence-electron chi connectivity index (χ4n) is 2.04. The largest absolute Gasteiger partial charge is 0.367 e. The van der Waals surface area contributed by atoms with Gasteiger partial charge >= 0.3 is 0 Å². The van der Waals surface area contributed by atoms with Crippen LogP contribution in [0.3, 0.4) is 0 Å². The highest BCUT2D eigenvalue weighted by Crippen LogP contribution is 2.38. The van der Waals surface area contributed by atoms with Gasteiger partial charge < -0.3 is 10.3 Å². The van der Waals surface area contributed by atoms with E-state index in [4.69, 9.17) is 33.5 Å². The van der Waals surface area contributed by atoms with Crippen molar-refractivity contribution in [2.24, 2.45) is 0 Å². The Balaban J connectivity index is 2.16. The van der Waals surface area contributed by atoms with Crippen molar-refractivity contribution in [1.82, 2.24) is 5.16 Å². The summed E-state index contributed by atoms with van der Waals surface area (Å²) in [6.45, 7) is 0. The van der Waals surface area contributed by atoms with Gasteiger partial charge in [-0.1, -0.05) is 62.5 Å². The topological polar surface area (TPSA) is 52.0 Å². The Morgan fingerprint density at radius 1 is 0.952 bits per heavy atom. The lowest BCUT2D eigenvalue weighted by Gasteiger charge is -2.04. The average molecular weight is 384 g/mol. The summed E-state index contributed by atoms with van der Waals surface area (Å²) < 4.78 is 6.13. The van der Waals surface area contributed by atoms with Crippen molar-refractivity contribution in [2.75, 3.05) is 5.73 Å². The van der Waals surface area contributed by atoms with E-state index in [0.717, 1.165) is 15.6 Å². The Morgan fingerprint density at radius 3 is 2.29 bits per heavy atom. The molecule has 2 aromatic carbocycles. The molecular weight excluding hydrogens is 375 g/mol. The molecule has 0 aliphatic carbocycles. The number of hydrogen-bond donors (Lipinski definition) is 1. The van der Waals surface area contributed by atoms with E-state index in [2.05, 4.69) is 21.1 Å². The third-order valence-electron chi connectivity index (χ3n) is 3.04. The molecule has 0 saturated heterocycles. The van der Waals surface area contributed by atoms with Crippen LogP contribution in [0.5, 0.6) is 0 Å². The molecular formula is C15H9BrCl2N2O. The molecule has 0 spiro atoms. The number of hydrogen-bond acceptors (Lipinski definition) is 3. The molecule has 0 radical (unpaired) electrons. The Bertz CT molecular complexity index is 800. The molecule has 3 aromatic rings. The summed E-state index contributed by atoms with van der Waals surface area (Å²) in [4.78, 5) is 0. The summed E-state index contributed by atoms with van der Waals surface area (Å²) in [7, 11) is 0. The van der Waals surface area contributed by atoms with Crippen LogP contribution in [-0.2, 0) is 0 Å². The maximum atomic E-state index is 6.07. The Kier molecular flexibility index (Phi) is 3.93. The number of aromatic nitrogens is 1. The van der Waals surface area contributed by atoms with E-state index in [1.165, 1.54) is 0 Å². The van der Waals surface area contributed by atoms with Gasteiger partial charge in [-0.15, -0.1) is 0 Å². The van der Waals surface area contributed by atoms with E-state index < -0.39 is 0 Å². The normalized spacial score (nSPS) is 10.8. The first-order valence-corrected chi connectivity index (χ1v) is 7.57. The molecule has 0 bridgehead atoms. The third-order valence-corrected chi connectivity index (χ3v) is 4.31. The number of nitrogens with zero attached hydrogens (tertiary/aromatic N) is 1. The lowest BCUT2D eigenvalue weighted by molar-refractivity contribution is 0.439. The van der Waals surface area contributed by atoms with Gasteiger partial charge in [0.25, 0.3) is 0 Å². The number of anilines is 1. The first-order valence-electron chi connectivity index (χ1n) is 6.03. The molecule has 6 heteroatoms. The summed E-state index contributed by atoms with van der Waals surface area (Å²) in [5.74, 6) is 0.242. The smallest absolute Gasteiger partial charge is 0.230 e. The molecule has 106 valence electrons. The quantitative estimate of drug-likeness (QED) is 0.621. The summed E-state index contributed by atoms with van der Waals surface area (Å²) >= 11 is 15.4. The van der Waals surface area contributed by atoms with Gasteiger partial charge in [-0.3, -0.25) is 0 Å². The van der Waals surface area contributed by atoms with Gasteiger partial charge in [0.2, 0.25) is 5.88 Å². The Hall–Kier alpha value is -1.49. The van der Waals surface area contributed by atoms with Crippen LogP contribution in [0.25, 0.3) is 22.4 Å². The summed E-state index contributed by atoms with van der Waals surface area (Å²) in [5, 5.41) is 4.99. The lowest BCUT2D eigenvalue weighted by Crippen LogP contribution is -1.88. The number of nitrogen functional groups attached to an aromatic ring is 1. The number of benzene rings is 2. The van der Waals surface area contributed by atoms with E-state index in [0.29, 0.717) is 21.3 Å². The maximum Gasteiger partial charge on any atom is 0.230 e. The van der Waals surface area contributed by atoms with Gasteiger partial charge in [0.1, 0.15) is 5.69 Å². The molecule has 21 heavy (non-hydrogen) atoms. The van der Waals surface area contributed by atoms with Gasteiger partial charge in [0.05, 0.1) is 15.6 Å². The molecule has 3 nitrogen and oxygen atoms in total. The number of halogens is 3. The van der Waals surface area contributed by atoms with Gasteiger partial charge in [-0.2, -0.15) is 0 Å². The minimum atomic E-state index is 0.242. The molecule has 0 aliphatic rings. The fourth-order valence-corrected chi connectivity index (χ4v) is 2.60. The van der Waals surface area contributed by atoms with E-state index in [1.54, 1.807) is 12.1 Å². The summed E-state index contributed by atoms with van der Waals surface area (Å²) in [5.41, 5.74) is 8.99. The van der Waals surface area contributed by atoms with E-state index in [1.807, 2.05) is 30.3 Å². The molecule has 0 unspecified atom stereocenters. The molecule has 1 heterocycles. The molecule has 0 aliphatic heterocycles. The van der Waals surface area contributed by atoms with Crippen LogP contribution in [0, 0.1) is 0 Å². The SMILES string of the molecule is Nc1onc(-c2ccc(Br)cc2)c1-c1ccc(Cl)c(Cl)c1. The molecule has 0 saturated carbocycles. The van der Waals surface area contributed by atoms with Crippen LogP contribution < -0.4 is 5.73 Å². The van der Waals surface area contributed by atoms with E-state index in [9.17, 15) is 0 Å². The lowest BCUT2D eigenvalue weighted by atomic mass is 10.0. The second-order valence-corrected chi connectivity index (χ2v) is 6.14. The van der Waals surface area contributed by atoms with Crippen LogP contribution >= 0.6 is 39.1 Å². The number of nitrogens with two attached hydrogens (primary N) is 1. The fraction of sp³-hybridized carbons (Fsp3) is 0. The van der Waals surface area contributed by atoms with E-state index >= 15 is 0 Å². The molecule has 0 fully saturated rings. The van der Waals surface area contributed by atoms with Gasteiger partial charge in [-0.25, -0.2) is 0 Å². The zero-order valence-electron chi connectivity index (χ0n) is 10.6. The van der Waals surface area contributed by atoms with Gasteiger partial charge in [0, 0.05) is 10.0 Å². The minimum absolute atomic E-state index is 0.242. The van der Waals surface area contributed by atoms with Crippen molar-refractivity contribution in [2.45, 2.75) is 0 Å². The van der Waals surface area contributed by atoms with Crippen LogP contribution in [-0.4, -0.2) is 5.16 Å². The third kappa shape index (κ3) is 2.79. The zero-order valence-corrected chi connectivity index (χ0v) is 13.7. The zero-order chi connectivity index (χ0) is 15.0. The Labute approximate surface area is 139 Å². The minimum Gasteiger partial charge on any atom is -0.367 e. The highest BCUT2D eigenvalue weighted by atomic mass is 79.9. The highest BCUT2D eigenvalue weighted by Gasteiger charge is 2.18. The van der Waals surface area contributed by atoms with Crippen LogP contribution in [0.1, 0.15) is 0 Å². The van der Waals surface area contributed by atoms with Crippen LogP contribution in [0.4, 0.5) is 5.88 Å². The first kappa shape index (κ1) is 14.4. The van der Waals surface area contributed by atoms with E-state index in [-0.39, 0.29) is 5.88 Å². The Morgan fingerprint density at radius 2 is 1.62 bits per heavy atom. The maximum absolute atomic E-state index is 6.07. The summed E-state index contributed by atoms with van der Waals surface area (Å²) in [6, 6.07) is 13.0. The summed E-state index contributed by atoms with van der Waals surface area (Å²) in [6.07, 6.45) is 0. The second kappa shape index (κ2) is 5.72. The predicted octanol–water partition coefficient (Wildman–Crippen LogP) is 5.66. The van der Waals surface area contributed by atoms with Crippen LogP contribution in [0.2, 0.25) is 10.0 Å². The predicted molar refractivity (Wildman–Crippen MR) is 89.5 cm³/mol. The van der Waals surface area contributed by atoms with Crippen molar-refractivity contribution < 1.29 is 4.52 Å². The standard InChI is InChI=1S/C15H9BrCl2N2O/c16-10-4-1-8(2-5-10)14-13(15(19)21-20-14)9-3-6-11(17)12(18)7-9/h1-7H,19H2.